The summed E-state index contributed by atoms with van der Waals surface area (Å²) in [7, 11) is 1.51. The van der Waals surface area contributed by atoms with E-state index in [-0.39, 0.29) is 81.1 Å². The SMILES string of the molecule is CCN(CC)c1ccc2c(-c3ccccc3C(=O)O[C@H]3CC[C@]4(C)[C@H]5C(=O)C=C6[C@@H]7C[C@@](C)(C(=O)OC)CC[C@]7(C)CC[C@@]6(C)[C@]5(C)CC[C@H]4C3(C)C)c3ccc(=[N+](CC)CC)cc-3oc2c1.[Cl-]. The molecule has 0 aromatic heterocycles. The summed E-state index contributed by atoms with van der Waals surface area (Å²) in [6.07, 6.45) is 9.85. The molecule has 0 saturated heterocycles. The molecule has 9 atom stereocenters. The molecule has 7 aliphatic rings. The topological polar surface area (TPSA) is 89.1 Å². The summed E-state index contributed by atoms with van der Waals surface area (Å²) in [5.74, 6) is 0.802. The number of carbonyl (C=O) groups excluding carboxylic acids is 3. The van der Waals surface area contributed by atoms with Gasteiger partial charge in [0.15, 0.2) is 5.78 Å². The predicted octanol–water partition coefficient (Wildman–Crippen LogP) is 9.55. The van der Waals surface area contributed by atoms with Gasteiger partial charge in [0.05, 0.1) is 24.2 Å². The quantitative estimate of drug-likeness (QED) is 0.0939. The van der Waals surface area contributed by atoms with Crippen molar-refractivity contribution >= 4 is 34.4 Å². The maximum Gasteiger partial charge on any atom is 0.339 e. The van der Waals surface area contributed by atoms with E-state index < -0.39 is 5.41 Å². The van der Waals surface area contributed by atoms with Crippen molar-refractivity contribution in [2.45, 2.75) is 140 Å². The number of allylic oxidation sites excluding steroid dienone is 2. The number of anilines is 1. The number of halogens is 1. The first-order valence-corrected chi connectivity index (χ1v) is 25.8. The number of ether oxygens (including phenoxy) is 2. The second-order valence-electron chi connectivity index (χ2n) is 23.2. The number of fused-ring (bicyclic) bond motifs is 9. The Hall–Kier alpha value is -4.43. The minimum atomic E-state index is -0.550. The van der Waals surface area contributed by atoms with Gasteiger partial charge < -0.3 is 31.2 Å². The van der Waals surface area contributed by atoms with Crippen LogP contribution in [-0.4, -0.2) is 57.1 Å². The number of hydrogen-bond donors (Lipinski definition) is 0. The minimum Gasteiger partial charge on any atom is -1.00 e. The van der Waals surface area contributed by atoms with Crippen LogP contribution in [0.4, 0.5) is 5.69 Å². The highest BCUT2D eigenvalue weighted by Gasteiger charge is 2.70. The van der Waals surface area contributed by atoms with E-state index in [1.165, 1.54) is 12.7 Å². The molecule has 1 aliphatic heterocycles. The number of benzene rings is 3. The van der Waals surface area contributed by atoms with Crippen LogP contribution in [-0.2, 0) is 19.1 Å². The molecule has 2 aromatic carbocycles. The van der Waals surface area contributed by atoms with Gasteiger partial charge in [0.1, 0.15) is 30.5 Å². The van der Waals surface area contributed by atoms with Crippen LogP contribution in [0.25, 0.3) is 33.4 Å². The van der Waals surface area contributed by atoms with Gasteiger partial charge in [0, 0.05) is 58.8 Å². The highest BCUT2D eigenvalue weighted by Crippen LogP contribution is 2.75. The van der Waals surface area contributed by atoms with E-state index in [1.54, 1.807) is 0 Å². The van der Waals surface area contributed by atoms with Gasteiger partial charge in [0.2, 0.25) is 5.36 Å². The molecule has 4 fully saturated rings. The predicted molar refractivity (Wildman–Crippen MR) is 269 cm³/mol. The van der Waals surface area contributed by atoms with Crippen molar-refractivity contribution in [1.29, 1.82) is 0 Å². The standard InChI is InChI=1S/C59H77N2O6.ClH/c1-13-60(14-2)37-21-23-41-46(33-37)66-47-34-38(61(15-3)16-4)22-24-42(47)50(41)39-19-17-18-20-40(39)52(63)67-49-26-27-57(9)48(54(49,5)6)25-28-59(11)51(57)45(62)35-43-44-36-56(8,53(64)65-12)30-29-55(44,7)31-32-58(43,59)10;/h17-24,33-35,44,48-49,51H,13-16,25-32,36H2,1-12H3;1H/q+1;/p-1/t44-,48-,49-,51+,55+,56-,57-,58+,59+;/m0./s1. The zero-order chi connectivity index (χ0) is 48.1. The van der Waals surface area contributed by atoms with Gasteiger partial charge in [0.25, 0.3) is 0 Å². The van der Waals surface area contributed by atoms with E-state index in [1.807, 2.05) is 18.2 Å². The lowest BCUT2D eigenvalue weighted by Crippen LogP contribution is -3.00. The summed E-state index contributed by atoms with van der Waals surface area (Å²) in [6, 6.07) is 20.8. The van der Waals surface area contributed by atoms with Crippen LogP contribution in [0.3, 0.4) is 0 Å². The lowest BCUT2D eigenvalue weighted by molar-refractivity contribution is -0.202. The third-order valence-electron chi connectivity index (χ3n) is 19.8. The second-order valence-corrected chi connectivity index (χ2v) is 23.2. The fourth-order valence-corrected chi connectivity index (χ4v) is 15.6. The molecule has 6 aliphatic carbocycles. The third-order valence-corrected chi connectivity index (χ3v) is 19.8. The first-order valence-electron chi connectivity index (χ1n) is 25.8. The molecule has 0 bridgehead atoms. The number of carbonyl (C=O) groups is 3. The Balaban J connectivity index is 0.00000625. The molecule has 9 heteroatoms. The van der Waals surface area contributed by atoms with Crippen molar-refractivity contribution in [2.75, 3.05) is 38.2 Å². The van der Waals surface area contributed by atoms with E-state index in [0.717, 1.165) is 122 Å². The Kier molecular flexibility index (Phi) is 13.1. The summed E-state index contributed by atoms with van der Waals surface area (Å²) in [6.45, 7) is 28.6. The Bertz CT molecular complexity index is 2710. The van der Waals surface area contributed by atoms with Crippen LogP contribution in [0.2, 0.25) is 0 Å². The van der Waals surface area contributed by atoms with E-state index in [2.05, 4.69) is 134 Å². The highest BCUT2D eigenvalue weighted by molar-refractivity contribution is 6.08. The number of esters is 2. The first kappa shape index (κ1) is 50.0. The number of hydrogen-bond acceptors (Lipinski definition) is 7. The monoisotopic (exact) mass is 945 g/mol. The summed E-state index contributed by atoms with van der Waals surface area (Å²) < 4.78 is 21.3. The Morgan fingerprint density at radius 2 is 1.51 bits per heavy atom. The van der Waals surface area contributed by atoms with Crippen LogP contribution in [0.1, 0.15) is 144 Å². The van der Waals surface area contributed by atoms with E-state index in [0.29, 0.717) is 12.0 Å². The maximum atomic E-state index is 15.1. The maximum absolute atomic E-state index is 15.1. The van der Waals surface area contributed by atoms with Crippen molar-refractivity contribution in [3.8, 4) is 22.5 Å². The summed E-state index contributed by atoms with van der Waals surface area (Å²) >= 11 is 0. The van der Waals surface area contributed by atoms with Crippen LogP contribution < -0.4 is 27.2 Å². The zero-order valence-corrected chi connectivity index (χ0v) is 43.8. The zero-order valence-electron chi connectivity index (χ0n) is 43.1. The summed E-state index contributed by atoms with van der Waals surface area (Å²) in [5.41, 5.74) is 4.92. The van der Waals surface area contributed by atoms with E-state index >= 15 is 4.79 Å². The van der Waals surface area contributed by atoms with Crippen LogP contribution in [0.15, 0.2) is 76.7 Å². The molecule has 0 N–H and O–H groups in total. The van der Waals surface area contributed by atoms with Crippen LogP contribution in [0.5, 0.6) is 0 Å². The van der Waals surface area contributed by atoms with Gasteiger partial charge in [-0.05, 0) is 162 Å². The second kappa shape index (κ2) is 17.8. The lowest BCUT2D eigenvalue weighted by atomic mass is 9.33. The molecule has 9 rings (SSSR count). The molecule has 1 heterocycles. The molecular formula is C59H77ClN2O6. The molecule has 366 valence electrons. The van der Waals surface area contributed by atoms with Crippen LogP contribution >= 0.6 is 0 Å². The third kappa shape index (κ3) is 7.41. The average Bonchev–Trinajstić information content (AvgIpc) is 3.30. The number of rotatable bonds is 9. The van der Waals surface area contributed by atoms with Gasteiger partial charge in [-0.2, -0.15) is 0 Å². The number of methoxy groups -OCH3 is 1. The van der Waals surface area contributed by atoms with Gasteiger partial charge in [-0.15, -0.1) is 0 Å². The van der Waals surface area contributed by atoms with Gasteiger partial charge in [-0.25, -0.2) is 9.37 Å². The summed E-state index contributed by atoms with van der Waals surface area (Å²) in [4.78, 5) is 45.7. The average molecular weight is 946 g/mol. The van der Waals surface area contributed by atoms with Crippen molar-refractivity contribution in [3.63, 3.8) is 0 Å². The van der Waals surface area contributed by atoms with E-state index in [4.69, 9.17) is 13.9 Å². The fourth-order valence-electron chi connectivity index (χ4n) is 15.6. The Morgan fingerprint density at radius 3 is 2.21 bits per heavy atom. The largest absolute Gasteiger partial charge is 1.00 e. The molecule has 0 radical (unpaired) electrons. The highest BCUT2D eigenvalue weighted by atomic mass is 35.5. The normalized spacial score (nSPS) is 32.6. The van der Waals surface area contributed by atoms with Gasteiger partial charge >= 0.3 is 11.9 Å². The Morgan fingerprint density at radius 1 is 0.809 bits per heavy atom. The lowest BCUT2D eigenvalue weighted by Gasteiger charge is -2.70. The van der Waals surface area contributed by atoms with Crippen LogP contribution in [0, 0.1) is 50.2 Å². The molecule has 68 heavy (non-hydrogen) atoms. The number of nitrogens with zero attached hydrogens (tertiary/aromatic N) is 2. The molecule has 0 spiro atoms. The molecule has 0 unspecified atom stereocenters. The molecular weight excluding hydrogens is 868 g/mol. The molecule has 2 aromatic rings. The number of ketones is 1. The first-order chi connectivity index (χ1) is 31.8. The van der Waals surface area contributed by atoms with E-state index in [9.17, 15) is 9.59 Å². The van der Waals surface area contributed by atoms with Gasteiger partial charge in [-0.1, -0.05) is 65.3 Å². The fraction of sp³-hybridized carbons (Fsp3) is 0.593. The van der Waals surface area contributed by atoms with Crippen molar-refractivity contribution in [1.82, 2.24) is 4.58 Å². The van der Waals surface area contributed by atoms with Crippen molar-refractivity contribution < 1.29 is 40.7 Å². The summed E-state index contributed by atoms with van der Waals surface area (Å²) in [5, 5.41) is 2.05. The molecule has 4 saturated carbocycles. The minimum absolute atomic E-state index is 0. The smallest absolute Gasteiger partial charge is 0.339 e. The van der Waals surface area contributed by atoms with Gasteiger partial charge in [-0.3, -0.25) is 9.59 Å². The molecule has 0 amide bonds. The van der Waals surface area contributed by atoms with Crippen molar-refractivity contribution in [2.24, 2.45) is 50.2 Å². The van der Waals surface area contributed by atoms with Crippen molar-refractivity contribution in [3.05, 3.63) is 83.2 Å². The molecule has 8 nitrogen and oxygen atoms in total. The Labute approximate surface area is 412 Å².